The van der Waals surface area contributed by atoms with Gasteiger partial charge in [-0.15, -0.1) is 0 Å². The minimum absolute atomic E-state index is 0.00452. The van der Waals surface area contributed by atoms with Crippen LogP contribution in [-0.4, -0.2) is 35.5 Å². The summed E-state index contributed by atoms with van der Waals surface area (Å²) in [7, 11) is 0. The average Bonchev–Trinajstić information content (AvgIpc) is 2.01. The smallest absolute Gasteiger partial charge is 0.0607 e. The predicted octanol–water partition coefficient (Wildman–Crippen LogP) is 0.118. The lowest BCUT2D eigenvalue weighted by Crippen LogP contribution is -2.41. The zero-order chi connectivity index (χ0) is 8.69. The third kappa shape index (κ3) is 5.18. The fourth-order valence-corrected chi connectivity index (χ4v) is 1.08. The van der Waals surface area contributed by atoms with Crippen LogP contribution in [0.4, 0.5) is 0 Å². The van der Waals surface area contributed by atoms with Gasteiger partial charge in [-0.05, 0) is 13.3 Å². The summed E-state index contributed by atoms with van der Waals surface area (Å²) in [5.74, 6) is 0. The molecular formula is C8H19NO2. The van der Waals surface area contributed by atoms with E-state index in [1.165, 1.54) is 0 Å². The summed E-state index contributed by atoms with van der Waals surface area (Å²) >= 11 is 0. The molecule has 3 N–H and O–H groups in total. The Morgan fingerprint density at radius 3 is 2.18 bits per heavy atom. The maximum Gasteiger partial charge on any atom is 0.0607 e. The average molecular weight is 161 g/mol. The van der Waals surface area contributed by atoms with E-state index in [4.69, 9.17) is 10.2 Å². The molecule has 0 rings (SSSR count). The quantitative estimate of drug-likeness (QED) is 0.518. The van der Waals surface area contributed by atoms with E-state index in [1.54, 1.807) is 0 Å². The van der Waals surface area contributed by atoms with Gasteiger partial charge in [-0.2, -0.15) is 0 Å². The summed E-state index contributed by atoms with van der Waals surface area (Å²) in [5, 5.41) is 20.6. The Kier molecular flexibility index (Phi) is 6.51. The van der Waals surface area contributed by atoms with Crippen LogP contribution in [0.1, 0.15) is 26.7 Å². The van der Waals surface area contributed by atoms with E-state index >= 15 is 0 Å². The highest BCUT2D eigenvalue weighted by molar-refractivity contribution is 4.68. The van der Waals surface area contributed by atoms with Gasteiger partial charge in [0, 0.05) is 6.04 Å². The Morgan fingerprint density at radius 2 is 1.82 bits per heavy atom. The number of aliphatic hydroxyl groups is 2. The van der Waals surface area contributed by atoms with Gasteiger partial charge in [-0.3, -0.25) is 0 Å². The van der Waals surface area contributed by atoms with E-state index in [1.807, 2.05) is 0 Å². The molecule has 0 bridgehead atoms. The number of rotatable bonds is 6. The van der Waals surface area contributed by atoms with Crippen LogP contribution in [0.3, 0.4) is 0 Å². The second-order valence-corrected chi connectivity index (χ2v) is 2.92. The number of nitrogens with one attached hydrogen (secondary N) is 1. The van der Waals surface area contributed by atoms with Crippen molar-refractivity contribution in [1.29, 1.82) is 0 Å². The summed E-state index contributed by atoms with van der Waals surface area (Å²) in [4.78, 5) is 0. The Hall–Kier alpha value is -0.120. The highest BCUT2D eigenvalue weighted by Gasteiger charge is 2.08. The van der Waals surface area contributed by atoms with E-state index in [0.29, 0.717) is 6.04 Å². The van der Waals surface area contributed by atoms with E-state index < -0.39 is 0 Å². The minimum Gasteiger partial charge on any atom is -0.395 e. The van der Waals surface area contributed by atoms with Crippen LogP contribution in [0, 0.1) is 0 Å². The normalized spacial score (nSPS) is 13.9. The van der Waals surface area contributed by atoms with Crippen molar-refractivity contribution in [3.05, 3.63) is 0 Å². The molecule has 0 amide bonds. The summed E-state index contributed by atoms with van der Waals surface area (Å²) in [6.45, 7) is 4.18. The summed E-state index contributed by atoms with van der Waals surface area (Å²) in [6.07, 6.45) is 2.20. The van der Waals surface area contributed by atoms with Gasteiger partial charge in [-0.25, -0.2) is 0 Å². The predicted molar refractivity (Wildman–Crippen MR) is 45.5 cm³/mol. The Balaban J connectivity index is 3.44. The van der Waals surface area contributed by atoms with Gasteiger partial charge in [-0.1, -0.05) is 13.3 Å². The first-order valence-corrected chi connectivity index (χ1v) is 4.22. The highest BCUT2D eigenvalue weighted by atomic mass is 16.3. The van der Waals surface area contributed by atoms with Gasteiger partial charge < -0.3 is 15.5 Å². The minimum atomic E-state index is -0.156. The van der Waals surface area contributed by atoms with Gasteiger partial charge >= 0.3 is 0 Å². The Bertz CT molecular complexity index is 84.2. The zero-order valence-electron chi connectivity index (χ0n) is 7.38. The van der Waals surface area contributed by atoms with Gasteiger partial charge in [0.05, 0.1) is 19.3 Å². The van der Waals surface area contributed by atoms with Crippen LogP contribution in [0.15, 0.2) is 0 Å². The van der Waals surface area contributed by atoms with Gasteiger partial charge in [0.1, 0.15) is 0 Å². The van der Waals surface area contributed by atoms with Gasteiger partial charge in [0.15, 0.2) is 0 Å². The van der Waals surface area contributed by atoms with Crippen molar-refractivity contribution in [2.45, 2.75) is 38.8 Å². The van der Waals surface area contributed by atoms with Crippen LogP contribution >= 0.6 is 0 Å². The SMILES string of the molecule is CCC[C@H](C)NC(CO)CO. The van der Waals surface area contributed by atoms with E-state index in [0.717, 1.165) is 12.8 Å². The molecule has 68 valence electrons. The van der Waals surface area contributed by atoms with E-state index in [2.05, 4.69) is 19.2 Å². The van der Waals surface area contributed by atoms with Crippen LogP contribution < -0.4 is 5.32 Å². The third-order valence-corrected chi connectivity index (χ3v) is 1.68. The van der Waals surface area contributed by atoms with Crippen LogP contribution in [0.25, 0.3) is 0 Å². The molecule has 3 nitrogen and oxygen atoms in total. The molecule has 0 heterocycles. The fourth-order valence-electron chi connectivity index (χ4n) is 1.08. The van der Waals surface area contributed by atoms with Crippen molar-refractivity contribution in [3.63, 3.8) is 0 Å². The van der Waals surface area contributed by atoms with Crippen molar-refractivity contribution in [2.75, 3.05) is 13.2 Å². The molecule has 0 radical (unpaired) electrons. The van der Waals surface area contributed by atoms with Crippen molar-refractivity contribution in [3.8, 4) is 0 Å². The van der Waals surface area contributed by atoms with Crippen molar-refractivity contribution in [1.82, 2.24) is 5.32 Å². The molecule has 0 unspecified atom stereocenters. The zero-order valence-corrected chi connectivity index (χ0v) is 7.38. The van der Waals surface area contributed by atoms with Crippen molar-refractivity contribution >= 4 is 0 Å². The Labute approximate surface area is 68.4 Å². The lowest BCUT2D eigenvalue weighted by molar-refractivity contribution is 0.162. The Morgan fingerprint density at radius 1 is 1.27 bits per heavy atom. The van der Waals surface area contributed by atoms with Gasteiger partial charge in [0.25, 0.3) is 0 Å². The van der Waals surface area contributed by atoms with Gasteiger partial charge in [0.2, 0.25) is 0 Å². The maximum absolute atomic E-state index is 8.72. The van der Waals surface area contributed by atoms with Crippen molar-refractivity contribution < 1.29 is 10.2 Å². The molecule has 0 aromatic heterocycles. The molecule has 0 fully saturated rings. The molecule has 3 heteroatoms. The lowest BCUT2D eigenvalue weighted by atomic mass is 10.2. The molecule has 1 atom stereocenters. The molecule has 0 aromatic rings. The number of aliphatic hydroxyl groups excluding tert-OH is 2. The molecule has 0 aromatic carbocycles. The topological polar surface area (TPSA) is 52.5 Å². The molecule has 0 saturated heterocycles. The summed E-state index contributed by atoms with van der Waals surface area (Å²) in [6, 6.07) is 0.223. The maximum atomic E-state index is 8.72. The standard InChI is InChI=1S/C8H19NO2/c1-3-4-7(2)9-8(5-10)6-11/h7-11H,3-6H2,1-2H3/t7-/m0/s1. The second-order valence-electron chi connectivity index (χ2n) is 2.92. The van der Waals surface area contributed by atoms with E-state index in [9.17, 15) is 0 Å². The fraction of sp³-hybridized carbons (Fsp3) is 1.00. The third-order valence-electron chi connectivity index (χ3n) is 1.68. The lowest BCUT2D eigenvalue weighted by Gasteiger charge is -2.18. The number of hydrogen-bond donors (Lipinski definition) is 3. The molecule has 0 spiro atoms. The summed E-state index contributed by atoms with van der Waals surface area (Å²) in [5.41, 5.74) is 0. The summed E-state index contributed by atoms with van der Waals surface area (Å²) < 4.78 is 0. The molecule has 0 aliphatic carbocycles. The molecule has 0 aliphatic rings. The monoisotopic (exact) mass is 161 g/mol. The van der Waals surface area contributed by atoms with Crippen LogP contribution in [-0.2, 0) is 0 Å². The molecule has 0 saturated carbocycles. The first-order chi connectivity index (χ1) is 5.24. The molecule has 11 heavy (non-hydrogen) atoms. The first-order valence-electron chi connectivity index (χ1n) is 4.22. The van der Waals surface area contributed by atoms with Crippen LogP contribution in [0.5, 0.6) is 0 Å². The first kappa shape index (κ1) is 10.9. The second kappa shape index (κ2) is 6.58. The number of hydrogen-bond acceptors (Lipinski definition) is 3. The largest absolute Gasteiger partial charge is 0.395 e. The van der Waals surface area contributed by atoms with Crippen LogP contribution in [0.2, 0.25) is 0 Å². The van der Waals surface area contributed by atoms with E-state index in [-0.39, 0.29) is 19.3 Å². The molecular weight excluding hydrogens is 142 g/mol. The molecule has 0 aliphatic heterocycles. The van der Waals surface area contributed by atoms with Crippen molar-refractivity contribution in [2.24, 2.45) is 0 Å². The highest BCUT2D eigenvalue weighted by Crippen LogP contribution is 1.96.